The first-order valence-electron chi connectivity index (χ1n) is 7.26. The molecule has 1 aromatic heterocycles. The minimum absolute atomic E-state index is 0.0223. The van der Waals surface area contributed by atoms with Gasteiger partial charge in [0.2, 0.25) is 17.1 Å². The van der Waals surface area contributed by atoms with Gasteiger partial charge in [-0.1, -0.05) is 29.8 Å². The third kappa shape index (κ3) is 2.88. The van der Waals surface area contributed by atoms with Crippen LogP contribution in [-0.4, -0.2) is 18.2 Å². The summed E-state index contributed by atoms with van der Waals surface area (Å²) in [5.41, 5.74) is 5.78. The maximum Gasteiger partial charge on any atom is 0.340 e. The Labute approximate surface area is 147 Å². The monoisotopic (exact) mass is 363 g/mol. The lowest BCUT2D eigenvalue weighted by molar-refractivity contribution is -0.136. The standard InChI is InChI=1S/C17H14ClNO6/c1-23-17(22)13-12(9-4-2-3-5-10(9)18)15-14(25-16(13)19)11(21)6-8(7-20)24-15/h2-6,12,20H,7,19H2,1H3. The minimum Gasteiger partial charge on any atom is -0.465 e. The van der Waals surface area contributed by atoms with Crippen LogP contribution in [0.4, 0.5) is 0 Å². The minimum atomic E-state index is -0.913. The Balaban J connectivity index is 2.34. The van der Waals surface area contributed by atoms with E-state index in [-0.39, 0.29) is 28.7 Å². The number of fused-ring (bicyclic) bond motifs is 1. The number of carbonyl (C=O) groups excluding carboxylic acids is 1. The number of esters is 1. The van der Waals surface area contributed by atoms with Crippen molar-refractivity contribution in [1.82, 2.24) is 0 Å². The van der Waals surface area contributed by atoms with Crippen LogP contribution in [-0.2, 0) is 16.1 Å². The third-order valence-corrected chi connectivity index (χ3v) is 4.13. The molecule has 0 saturated carbocycles. The lowest BCUT2D eigenvalue weighted by atomic mass is 9.86. The highest BCUT2D eigenvalue weighted by Gasteiger charge is 2.39. The summed E-state index contributed by atoms with van der Waals surface area (Å²) < 4.78 is 15.7. The molecule has 0 radical (unpaired) electrons. The second kappa shape index (κ2) is 6.62. The van der Waals surface area contributed by atoms with Crippen LogP contribution < -0.4 is 15.9 Å². The molecule has 1 atom stereocenters. The molecule has 2 aromatic rings. The zero-order chi connectivity index (χ0) is 18.1. The van der Waals surface area contributed by atoms with Gasteiger partial charge in [-0.3, -0.25) is 4.79 Å². The number of nitrogens with two attached hydrogens (primary N) is 1. The summed E-state index contributed by atoms with van der Waals surface area (Å²) in [6.07, 6.45) is 0. The average Bonchev–Trinajstić information content (AvgIpc) is 2.61. The number of aliphatic hydroxyl groups is 1. The summed E-state index contributed by atoms with van der Waals surface area (Å²) in [6.45, 7) is -0.496. The van der Waals surface area contributed by atoms with Crippen LogP contribution in [0.2, 0.25) is 5.02 Å². The number of hydrogen-bond donors (Lipinski definition) is 2. The molecule has 0 spiro atoms. The van der Waals surface area contributed by atoms with E-state index in [9.17, 15) is 14.7 Å². The highest BCUT2D eigenvalue weighted by atomic mass is 35.5. The largest absolute Gasteiger partial charge is 0.465 e. The predicted molar refractivity (Wildman–Crippen MR) is 88.1 cm³/mol. The van der Waals surface area contributed by atoms with Gasteiger partial charge < -0.3 is 24.7 Å². The van der Waals surface area contributed by atoms with E-state index in [1.807, 2.05) is 0 Å². The number of hydrogen-bond acceptors (Lipinski definition) is 7. The highest BCUT2D eigenvalue weighted by Crippen LogP contribution is 2.43. The zero-order valence-electron chi connectivity index (χ0n) is 13.1. The average molecular weight is 364 g/mol. The van der Waals surface area contributed by atoms with Crippen molar-refractivity contribution < 1.29 is 23.8 Å². The van der Waals surface area contributed by atoms with Crippen LogP contribution in [0.5, 0.6) is 5.75 Å². The molecule has 8 heteroatoms. The van der Waals surface area contributed by atoms with Gasteiger partial charge >= 0.3 is 5.97 Å². The number of methoxy groups -OCH3 is 1. The van der Waals surface area contributed by atoms with Gasteiger partial charge in [-0.05, 0) is 11.6 Å². The molecule has 3 N–H and O–H groups in total. The zero-order valence-corrected chi connectivity index (χ0v) is 13.9. The molecule has 1 aliphatic heterocycles. The Morgan fingerprint density at radius 1 is 1.40 bits per heavy atom. The normalized spacial score (nSPS) is 16.2. The molecule has 0 aliphatic carbocycles. The number of benzene rings is 1. The Bertz CT molecular complexity index is 933. The van der Waals surface area contributed by atoms with Gasteiger partial charge in [0.15, 0.2) is 5.76 Å². The molecule has 2 heterocycles. The Kier molecular flexibility index (Phi) is 4.52. The third-order valence-electron chi connectivity index (χ3n) is 3.79. The number of ether oxygens (including phenoxy) is 2. The number of carbonyl (C=O) groups is 1. The van der Waals surface area contributed by atoms with Crippen LogP contribution >= 0.6 is 11.6 Å². The molecule has 7 nitrogen and oxygen atoms in total. The van der Waals surface area contributed by atoms with E-state index in [2.05, 4.69) is 0 Å². The fourth-order valence-corrected chi connectivity index (χ4v) is 2.94. The molecule has 0 amide bonds. The highest BCUT2D eigenvalue weighted by molar-refractivity contribution is 6.31. The second-order valence-electron chi connectivity index (χ2n) is 5.25. The topological polar surface area (TPSA) is 112 Å². The van der Waals surface area contributed by atoms with Crippen LogP contribution in [0.25, 0.3) is 0 Å². The van der Waals surface area contributed by atoms with Gasteiger partial charge in [0.05, 0.1) is 13.0 Å². The quantitative estimate of drug-likeness (QED) is 0.797. The molecule has 130 valence electrons. The molecule has 1 aromatic carbocycles. The first-order valence-corrected chi connectivity index (χ1v) is 7.63. The summed E-state index contributed by atoms with van der Waals surface area (Å²) in [7, 11) is 1.20. The van der Waals surface area contributed by atoms with E-state index in [1.54, 1.807) is 24.3 Å². The van der Waals surface area contributed by atoms with E-state index < -0.39 is 23.9 Å². The first-order chi connectivity index (χ1) is 12.0. The van der Waals surface area contributed by atoms with E-state index in [0.717, 1.165) is 6.07 Å². The van der Waals surface area contributed by atoms with Gasteiger partial charge in [0.25, 0.3) is 0 Å². The number of halogens is 1. The molecule has 25 heavy (non-hydrogen) atoms. The van der Waals surface area contributed by atoms with Crippen molar-refractivity contribution >= 4 is 17.6 Å². The van der Waals surface area contributed by atoms with Crippen molar-refractivity contribution in [3.05, 3.63) is 74.1 Å². The smallest absolute Gasteiger partial charge is 0.340 e. The van der Waals surface area contributed by atoms with Gasteiger partial charge in [-0.25, -0.2) is 4.79 Å². The van der Waals surface area contributed by atoms with E-state index in [0.29, 0.717) is 10.6 Å². The van der Waals surface area contributed by atoms with Crippen molar-refractivity contribution in [2.75, 3.05) is 7.11 Å². The fourth-order valence-electron chi connectivity index (χ4n) is 2.69. The lowest BCUT2D eigenvalue weighted by Gasteiger charge is -2.27. The van der Waals surface area contributed by atoms with Gasteiger partial charge in [0.1, 0.15) is 17.9 Å². The Morgan fingerprint density at radius 2 is 2.12 bits per heavy atom. The predicted octanol–water partition coefficient (Wildman–Crippen LogP) is 1.65. The van der Waals surface area contributed by atoms with Crippen molar-refractivity contribution in [2.24, 2.45) is 5.73 Å². The summed E-state index contributed by atoms with van der Waals surface area (Å²) in [5.74, 6) is -2.04. The molecular formula is C17H14ClNO6. The summed E-state index contributed by atoms with van der Waals surface area (Å²) >= 11 is 6.27. The van der Waals surface area contributed by atoms with Crippen LogP contribution in [0.3, 0.4) is 0 Å². The molecule has 0 saturated heterocycles. The van der Waals surface area contributed by atoms with E-state index in [1.165, 1.54) is 7.11 Å². The van der Waals surface area contributed by atoms with Gasteiger partial charge in [-0.15, -0.1) is 0 Å². The molecule has 1 unspecified atom stereocenters. The summed E-state index contributed by atoms with van der Waals surface area (Å²) in [4.78, 5) is 24.5. The maximum absolute atomic E-state index is 12.3. The summed E-state index contributed by atoms with van der Waals surface area (Å²) in [5, 5.41) is 9.66. The number of aliphatic hydroxyl groups excluding tert-OH is 1. The van der Waals surface area contributed by atoms with E-state index in [4.69, 9.17) is 31.2 Å². The van der Waals surface area contributed by atoms with Crippen LogP contribution in [0, 0.1) is 0 Å². The second-order valence-corrected chi connectivity index (χ2v) is 5.66. The molecule has 3 rings (SSSR count). The Hall–Kier alpha value is -2.77. The molecule has 0 fully saturated rings. The molecule has 0 bridgehead atoms. The van der Waals surface area contributed by atoms with Crippen molar-refractivity contribution in [3.63, 3.8) is 0 Å². The first kappa shape index (κ1) is 17.1. The van der Waals surface area contributed by atoms with Gasteiger partial charge in [0, 0.05) is 11.1 Å². The van der Waals surface area contributed by atoms with Crippen molar-refractivity contribution in [2.45, 2.75) is 12.5 Å². The Morgan fingerprint density at radius 3 is 2.76 bits per heavy atom. The van der Waals surface area contributed by atoms with E-state index >= 15 is 0 Å². The van der Waals surface area contributed by atoms with Crippen LogP contribution in [0.1, 0.15) is 23.0 Å². The lowest BCUT2D eigenvalue weighted by Crippen LogP contribution is -2.29. The van der Waals surface area contributed by atoms with Crippen molar-refractivity contribution in [3.8, 4) is 5.75 Å². The SMILES string of the molecule is COC(=O)C1=C(N)Oc2c(oc(CO)cc2=O)C1c1ccccc1Cl. The summed E-state index contributed by atoms with van der Waals surface area (Å²) in [6, 6.07) is 7.83. The molecular weight excluding hydrogens is 350 g/mol. The van der Waals surface area contributed by atoms with Crippen LogP contribution in [0.15, 0.2) is 51.0 Å². The fraction of sp³-hybridized carbons (Fsp3) is 0.176. The molecule has 1 aliphatic rings. The number of rotatable bonds is 3. The van der Waals surface area contributed by atoms with Crippen molar-refractivity contribution in [1.29, 1.82) is 0 Å². The van der Waals surface area contributed by atoms with Gasteiger partial charge in [-0.2, -0.15) is 0 Å². The maximum atomic E-state index is 12.3.